The van der Waals surface area contributed by atoms with Gasteiger partial charge in [0.1, 0.15) is 10.7 Å². The van der Waals surface area contributed by atoms with E-state index in [-0.39, 0.29) is 11.4 Å². The molecule has 0 aliphatic heterocycles. The lowest BCUT2D eigenvalue weighted by Gasteiger charge is -2.10. The summed E-state index contributed by atoms with van der Waals surface area (Å²) in [6.07, 6.45) is 0.909. The van der Waals surface area contributed by atoms with Gasteiger partial charge in [0, 0.05) is 18.8 Å². The maximum absolute atomic E-state index is 13.5. The average molecular weight is 310 g/mol. The molecule has 1 rings (SSSR count). The van der Waals surface area contributed by atoms with Crippen molar-refractivity contribution in [3.8, 4) is 0 Å². The fourth-order valence-electron chi connectivity index (χ4n) is 1.24. The Kier molecular flexibility index (Phi) is 4.67. The van der Waals surface area contributed by atoms with Gasteiger partial charge in [-0.2, -0.15) is 0 Å². The molecular formula is C10H15FN2O4S2. The summed E-state index contributed by atoms with van der Waals surface area (Å²) in [6, 6.07) is 2.15. The summed E-state index contributed by atoms with van der Waals surface area (Å²) in [5.41, 5.74) is 5.40. The summed E-state index contributed by atoms with van der Waals surface area (Å²) in [5, 5.41) is 0. The number of benzene rings is 1. The number of hydrogen-bond acceptors (Lipinski definition) is 5. The molecular weight excluding hydrogens is 295 g/mol. The van der Waals surface area contributed by atoms with Crippen molar-refractivity contribution in [1.82, 2.24) is 4.72 Å². The van der Waals surface area contributed by atoms with Crippen LogP contribution < -0.4 is 10.5 Å². The number of nitrogens with one attached hydrogen (secondary N) is 1. The highest BCUT2D eigenvalue weighted by molar-refractivity contribution is 7.91. The molecule has 1 unspecified atom stereocenters. The molecule has 6 nitrogen and oxygen atoms in total. The molecule has 0 aliphatic rings. The van der Waals surface area contributed by atoms with Crippen molar-refractivity contribution in [2.24, 2.45) is 5.73 Å². The van der Waals surface area contributed by atoms with Crippen molar-refractivity contribution in [1.29, 1.82) is 0 Å². The maximum atomic E-state index is 13.5. The first-order chi connectivity index (χ1) is 8.54. The Morgan fingerprint density at radius 3 is 2.37 bits per heavy atom. The summed E-state index contributed by atoms with van der Waals surface area (Å²) in [5.74, 6) is -1.02. The lowest BCUT2D eigenvalue weighted by molar-refractivity contribution is 0.550. The van der Waals surface area contributed by atoms with Crippen LogP contribution in [0.2, 0.25) is 0 Å². The fraction of sp³-hybridized carbons (Fsp3) is 0.400. The molecule has 1 aromatic rings. The smallest absolute Gasteiger partial charge is 0.243 e. The molecule has 9 heteroatoms. The maximum Gasteiger partial charge on any atom is 0.243 e. The van der Waals surface area contributed by atoms with Gasteiger partial charge in [-0.3, -0.25) is 0 Å². The van der Waals surface area contributed by atoms with E-state index in [2.05, 4.69) is 4.72 Å². The molecule has 0 radical (unpaired) electrons. The normalized spacial score (nSPS) is 14.3. The van der Waals surface area contributed by atoms with Crippen LogP contribution in [0.15, 0.2) is 28.0 Å². The minimum Gasteiger partial charge on any atom is -0.327 e. The predicted molar refractivity (Wildman–Crippen MR) is 68.3 cm³/mol. The minimum absolute atomic E-state index is 0.0785. The van der Waals surface area contributed by atoms with Crippen molar-refractivity contribution in [3.63, 3.8) is 0 Å². The van der Waals surface area contributed by atoms with Crippen LogP contribution in [0.4, 0.5) is 4.39 Å². The lowest BCUT2D eigenvalue weighted by Crippen LogP contribution is -2.35. The molecule has 1 atom stereocenters. The second-order valence-electron chi connectivity index (χ2n) is 4.19. The molecule has 19 heavy (non-hydrogen) atoms. The zero-order valence-corrected chi connectivity index (χ0v) is 12.1. The number of hydrogen-bond donors (Lipinski definition) is 2. The van der Waals surface area contributed by atoms with Gasteiger partial charge >= 0.3 is 0 Å². The van der Waals surface area contributed by atoms with Gasteiger partial charge in [0.15, 0.2) is 9.84 Å². The average Bonchev–Trinajstić information content (AvgIpc) is 2.25. The van der Waals surface area contributed by atoms with Gasteiger partial charge in [-0.1, -0.05) is 0 Å². The van der Waals surface area contributed by atoms with Crippen LogP contribution in [0, 0.1) is 5.82 Å². The zero-order chi connectivity index (χ0) is 14.8. The molecule has 108 valence electrons. The monoisotopic (exact) mass is 310 g/mol. The Morgan fingerprint density at radius 2 is 1.89 bits per heavy atom. The quantitative estimate of drug-likeness (QED) is 0.736. The van der Waals surface area contributed by atoms with Crippen molar-refractivity contribution in [3.05, 3.63) is 24.0 Å². The highest BCUT2D eigenvalue weighted by Gasteiger charge is 2.21. The Morgan fingerprint density at radius 1 is 1.32 bits per heavy atom. The van der Waals surface area contributed by atoms with Crippen molar-refractivity contribution < 1.29 is 21.2 Å². The first kappa shape index (κ1) is 16.0. The number of halogens is 1. The Hall–Kier alpha value is -1.03. The van der Waals surface area contributed by atoms with E-state index in [9.17, 15) is 21.2 Å². The van der Waals surface area contributed by atoms with Gasteiger partial charge in [0.2, 0.25) is 10.0 Å². The van der Waals surface area contributed by atoms with Crippen molar-refractivity contribution in [2.45, 2.75) is 22.8 Å². The van der Waals surface area contributed by atoms with Gasteiger partial charge in [-0.05, 0) is 25.1 Å². The molecule has 0 fully saturated rings. The summed E-state index contributed by atoms with van der Waals surface area (Å²) < 4.78 is 62.0. The summed E-state index contributed by atoms with van der Waals surface area (Å²) in [4.78, 5) is -0.980. The molecule has 0 spiro atoms. The van der Waals surface area contributed by atoms with Crippen LogP contribution in [-0.2, 0) is 19.9 Å². The van der Waals surface area contributed by atoms with E-state index in [0.717, 1.165) is 24.5 Å². The fourth-order valence-corrected chi connectivity index (χ4v) is 3.21. The van der Waals surface area contributed by atoms with E-state index >= 15 is 0 Å². The van der Waals surface area contributed by atoms with Gasteiger partial charge in [-0.25, -0.2) is 25.9 Å². The summed E-state index contributed by atoms with van der Waals surface area (Å²) in [6.45, 7) is 1.50. The largest absolute Gasteiger partial charge is 0.327 e. The molecule has 0 aromatic heterocycles. The van der Waals surface area contributed by atoms with Crippen LogP contribution in [0.1, 0.15) is 6.92 Å². The van der Waals surface area contributed by atoms with E-state index in [1.165, 1.54) is 0 Å². The highest BCUT2D eigenvalue weighted by atomic mass is 32.2. The second kappa shape index (κ2) is 5.53. The third-order valence-corrected chi connectivity index (χ3v) is 4.76. The van der Waals surface area contributed by atoms with E-state index in [4.69, 9.17) is 5.73 Å². The molecule has 0 aliphatic carbocycles. The molecule has 0 saturated heterocycles. The van der Waals surface area contributed by atoms with E-state index in [1.807, 2.05) is 0 Å². The Labute approximate surface area is 111 Å². The number of sulfone groups is 1. The first-order valence-corrected chi connectivity index (χ1v) is 8.66. The van der Waals surface area contributed by atoms with E-state index < -0.39 is 36.6 Å². The number of rotatable bonds is 5. The lowest BCUT2D eigenvalue weighted by atomic mass is 10.3. The second-order valence-corrected chi connectivity index (χ2v) is 7.94. The molecule has 0 saturated carbocycles. The van der Waals surface area contributed by atoms with Crippen molar-refractivity contribution >= 4 is 19.9 Å². The Balaban J connectivity index is 3.27. The third-order valence-electron chi connectivity index (χ3n) is 2.22. The van der Waals surface area contributed by atoms with Gasteiger partial charge in [-0.15, -0.1) is 0 Å². The number of sulfonamides is 1. The van der Waals surface area contributed by atoms with Crippen LogP contribution in [0.3, 0.4) is 0 Å². The van der Waals surface area contributed by atoms with Crippen molar-refractivity contribution in [2.75, 3.05) is 12.8 Å². The highest BCUT2D eigenvalue weighted by Crippen LogP contribution is 2.19. The number of nitrogens with two attached hydrogens (primary N) is 1. The third kappa shape index (κ3) is 4.23. The minimum atomic E-state index is -4.14. The molecule has 3 N–H and O–H groups in total. The zero-order valence-electron chi connectivity index (χ0n) is 10.4. The van der Waals surface area contributed by atoms with Crippen LogP contribution in [0.5, 0.6) is 0 Å². The van der Waals surface area contributed by atoms with Crippen LogP contribution >= 0.6 is 0 Å². The standard InChI is InChI=1S/C10H15FN2O4S2/c1-7(12)6-13-19(16,17)10-5-8(18(2,14)15)3-4-9(10)11/h3-5,7,13H,6,12H2,1-2H3. The van der Waals surface area contributed by atoms with E-state index in [1.54, 1.807) is 6.92 Å². The van der Waals surface area contributed by atoms with E-state index in [0.29, 0.717) is 0 Å². The SMILES string of the molecule is CC(N)CNS(=O)(=O)c1cc(S(C)(=O)=O)ccc1F. The molecule has 0 heterocycles. The molecule has 0 bridgehead atoms. The summed E-state index contributed by atoms with van der Waals surface area (Å²) in [7, 11) is -7.76. The Bertz CT molecular complexity index is 669. The van der Waals surface area contributed by atoms with Gasteiger partial charge < -0.3 is 5.73 Å². The summed E-state index contributed by atoms with van der Waals surface area (Å²) >= 11 is 0. The van der Waals surface area contributed by atoms with Crippen LogP contribution in [-0.4, -0.2) is 35.7 Å². The predicted octanol–water partition coefficient (Wildman–Crippen LogP) is -0.145. The molecule has 0 amide bonds. The van der Waals surface area contributed by atoms with Gasteiger partial charge in [0.25, 0.3) is 0 Å². The van der Waals surface area contributed by atoms with Crippen LogP contribution in [0.25, 0.3) is 0 Å². The molecule has 1 aromatic carbocycles. The topological polar surface area (TPSA) is 106 Å². The van der Waals surface area contributed by atoms with Gasteiger partial charge in [0.05, 0.1) is 4.90 Å². The first-order valence-electron chi connectivity index (χ1n) is 5.29.